The Labute approximate surface area is 263 Å². The molecular weight excluding hydrogens is 591 g/mol. The molecule has 8 rings (SSSR count). The molecule has 2 fully saturated rings. The summed E-state index contributed by atoms with van der Waals surface area (Å²) < 4.78 is 21.3. The van der Waals surface area contributed by atoms with E-state index in [1.165, 1.54) is 17.3 Å². The first kappa shape index (κ1) is 28.6. The summed E-state index contributed by atoms with van der Waals surface area (Å²) in [5.74, 6) is -0.539. The van der Waals surface area contributed by atoms with Gasteiger partial charge in [0, 0.05) is 35.3 Å². The fourth-order valence-corrected chi connectivity index (χ4v) is 6.73. The number of nitrogens with zero attached hydrogens (tertiary/aromatic N) is 5. The Balaban J connectivity index is 1.11. The molecule has 12 heteroatoms. The van der Waals surface area contributed by atoms with E-state index < -0.39 is 17.8 Å². The van der Waals surface area contributed by atoms with E-state index in [1.54, 1.807) is 28.0 Å². The van der Waals surface area contributed by atoms with Crippen LogP contribution in [-0.4, -0.2) is 92.3 Å². The average molecular weight is 625 g/mol. The number of halogens is 1. The smallest absolute Gasteiger partial charge is 0.320 e. The number of aromatic amines is 1. The highest BCUT2D eigenvalue weighted by Crippen LogP contribution is 2.43. The molecule has 4 aliphatic rings. The molecule has 1 saturated carbocycles. The predicted octanol–water partition coefficient (Wildman–Crippen LogP) is 4.06. The summed E-state index contributed by atoms with van der Waals surface area (Å²) in [6.07, 6.45) is 5.70. The zero-order valence-corrected chi connectivity index (χ0v) is 25.1. The Morgan fingerprint density at radius 2 is 1.96 bits per heavy atom. The number of nitrogens with one attached hydrogen (secondary N) is 1. The predicted molar refractivity (Wildman–Crippen MR) is 168 cm³/mol. The van der Waals surface area contributed by atoms with Crippen LogP contribution in [0.1, 0.15) is 52.4 Å². The van der Waals surface area contributed by atoms with Crippen LogP contribution in [0.15, 0.2) is 48.8 Å². The maximum absolute atomic E-state index is 15.4. The number of amides is 3. The Hall–Kier alpha value is -4.81. The van der Waals surface area contributed by atoms with E-state index in [1.807, 2.05) is 18.2 Å². The molecule has 3 amide bonds. The number of aliphatic hydroxyl groups is 2. The van der Waals surface area contributed by atoms with Gasteiger partial charge in [0.05, 0.1) is 43.7 Å². The van der Waals surface area contributed by atoms with Crippen LogP contribution in [0.5, 0.6) is 5.75 Å². The summed E-state index contributed by atoms with van der Waals surface area (Å²) in [5.41, 5.74) is 5.45. The highest BCUT2D eigenvalue weighted by Gasteiger charge is 2.34. The number of hydrogen-bond acceptors (Lipinski definition) is 7. The van der Waals surface area contributed by atoms with Gasteiger partial charge in [0.1, 0.15) is 35.7 Å². The molecule has 0 spiro atoms. The van der Waals surface area contributed by atoms with Crippen molar-refractivity contribution in [3.8, 4) is 17.0 Å². The number of hydrogen-bond donors (Lipinski definition) is 3. The first-order chi connectivity index (χ1) is 22.4. The van der Waals surface area contributed by atoms with Crippen LogP contribution >= 0.6 is 0 Å². The summed E-state index contributed by atoms with van der Waals surface area (Å²) in [5, 5.41) is 21.0. The summed E-state index contributed by atoms with van der Waals surface area (Å²) >= 11 is 0. The average Bonchev–Trinajstić information content (AvgIpc) is 3.84. The zero-order chi connectivity index (χ0) is 31.5. The van der Waals surface area contributed by atoms with Crippen LogP contribution in [0, 0.1) is 5.82 Å². The third-order valence-corrected chi connectivity index (χ3v) is 9.40. The second-order valence-corrected chi connectivity index (χ2v) is 12.4. The molecule has 2 aromatic heterocycles. The van der Waals surface area contributed by atoms with Gasteiger partial charge in [-0.2, -0.15) is 0 Å². The van der Waals surface area contributed by atoms with Gasteiger partial charge in [0.15, 0.2) is 0 Å². The quantitative estimate of drug-likeness (QED) is 0.305. The summed E-state index contributed by atoms with van der Waals surface area (Å²) in [4.78, 5) is 43.9. The largest absolute Gasteiger partial charge is 0.491 e. The van der Waals surface area contributed by atoms with Crippen molar-refractivity contribution in [1.29, 1.82) is 0 Å². The number of β-amino-alcohol motifs (C(OH)–C–C–N with tert-alkyl or cyclic N) is 1. The maximum atomic E-state index is 15.4. The molecule has 46 heavy (non-hydrogen) atoms. The van der Waals surface area contributed by atoms with Crippen molar-refractivity contribution in [3.63, 3.8) is 0 Å². The Bertz CT molecular complexity index is 1910. The minimum atomic E-state index is -0.598. The third-order valence-electron chi connectivity index (χ3n) is 9.40. The van der Waals surface area contributed by atoms with Crippen LogP contribution in [0.3, 0.4) is 0 Å². The molecule has 0 unspecified atom stereocenters. The number of rotatable bonds is 5. The molecule has 1 aliphatic carbocycles. The van der Waals surface area contributed by atoms with Crippen molar-refractivity contribution >= 4 is 34.2 Å². The fourth-order valence-electron chi connectivity index (χ4n) is 6.73. The van der Waals surface area contributed by atoms with E-state index in [2.05, 4.69) is 15.0 Å². The van der Waals surface area contributed by atoms with Crippen molar-refractivity contribution in [1.82, 2.24) is 24.8 Å². The van der Waals surface area contributed by atoms with E-state index in [0.29, 0.717) is 66.7 Å². The van der Waals surface area contributed by atoms with Crippen molar-refractivity contribution in [2.45, 2.75) is 37.9 Å². The van der Waals surface area contributed by atoms with E-state index in [9.17, 15) is 19.8 Å². The van der Waals surface area contributed by atoms with E-state index in [4.69, 9.17) is 4.74 Å². The Morgan fingerprint density at radius 1 is 1.11 bits per heavy atom. The molecule has 236 valence electrons. The molecule has 3 N–H and O–H groups in total. The lowest BCUT2D eigenvalue weighted by Crippen LogP contribution is -2.58. The highest BCUT2D eigenvalue weighted by atomic mass is 19.1. The zero-order valence-electron chi connectivity index (χ0n) is 25.1. The van der Waals surface area contributed by atoms with Crippen LogP contribution in [0.25, 0.3) is 27.9 Å². The van der Waals surface area contributed by atoms with Gasteiger partial charge in [0.2, 0.25) is 0 Å². The van der Waals surface area contributed by atoms with Crippen LogP contribution in [0.2, 0.25) is 0 Å². The maximum Gasteiger partial charge on any atom is 0.320 e. The summed E-state index contributed by atoms with van der Waals surface area (Å²) in [6, 6.07) is 10.5. The van der Waals surface area contributed by atoms with Crippen molar-refractivity contribution in [3.05, 3.63) is 77.0 Å². The lowest BCUT2D eigenvalue weighted by Gasteiger charge is -2.40. The first-order valence-corrected chi connectivity index (χ1v) is 15.7. The van der Waals surface area contributed by atoms with Gasteiger partial charge >= 0.3 is 6.03 Å². The molecule has 11 nitrogen and oxygen atoms in total. The summed E-state index contributed by atoms with van der Waals surface area (Å²) in [7, 11) is 0. The number of likely N-dealkylation sites (tertiary alicyclic amines) is 1. The number of aliphatic hydroxyl groups excluding tert-OH is 2. The van der Waals surface area contributed by atoms with Gasteiger partial charge in [-0.25, -0.2) is 19.2 Å². The minimum absolute atomic E-state index is 0.0643. The highest BCUT2D eigenvalue weighted by molar-refractivity contribution is 6.09. The molecule has 5 heterocycles. The number of aromatic nitrogens is 3. The van der Waals surface area contributed by atoms with E-state index >= 15 is 4.39 Å². The third kappa shape index (κ3) is 4.88. The van der Waals surface area contributed by atoms with E-state index in [0.717, 1.165) is 35.1 Å². The SMILES string of the molecule is O=C(N1CC=C(c2cc3c(-c4cccc(N5CCOc6cc(C7CC7)cc(F)c6C5=O)c4CO)ncnc3[nH]2)CC1)N1CC(O)C1. The second-order valence-electron chi connectivity index (χ2n) is 12.4. The van der Waals surface area contributed by atoms with E-state index in [-0.39, 0.29) is 37.1 Å². The Kier molecular flexibility index (Phi) is 6.98. The van der Waals surface area contributed by atoms with Crippen molar-refractivity contribution < 1.29 is 28.9 Å². The molecule has 3 aliphatic heterocycles. The van der Waals surface area contributed by atoms with Crippen LogP contribution in [-0.2, 0) is 6.61 Å². The number of carbonyl (C=O) groups excluding carboxylic acids is 2. The van der Waals surface area contributed by atoms with Gasteiger partial charge in [-0.1, -0.05) is 18.2 Å². The number of anilines is 1. The monoisotopic (exact) mass is 624 g/mol. The number of ether oxygens (including phenoxy) is 1. The molecule has 0 atom stereocenters. The standard InChI is InChI=1S/C34H33FN6O5/c35-26-12-21(19-4-5-19)13-29-30(26)33(44)41(10-11-46-29)28-3-1-2-23(25(28)17-42)31-24-14-27(38-32(24)37-18-36-31)20-6-8-39(9-7-20)34(45)40-15-22(43)16-40/h1-3,6,12-14,18-19,22,42-43H,4-5,7-11,15-17H2,(H,36,37,38). The first-order valence-electron chi connectivity index (χ1n) is 15.7. The van der Waals surface area contributed by atoms with Gasteiger partial charge in [0.25, 0.3) is 5.91 Å². The number of benzene rings is 2. The number of fused-ring (bicyclic) bond motifs is 2. The van der Waals surface area contributed by atoms with Gasteiger partial charge in [-0.15, -0.1) is 0 Å². The molecule has 2 aromatic carbocycles. The summed E-state index contributed by atoms with van der Waals surface area (Å²) in [6.45, 7) is 1.75. The Morgan fingerprint density at radius 3 is 2.70 bits per heavy atom. The topological polar surface area (TPSA) is 135 Å². The molecule has 1 saturated heterocycles. The van der Waals surface area contributed by atoms with Crippen LogP contribution in [0.4, 0.5) is 14.9 Å². The normalized spacial score (nSPS) is 18.6. The molecular formula is C34H33FN6O5. The van der Waals surface area contributed by atoms with Crippen molar-refractivity contribution in [2.24, 2.45) is 0 Å². The molecule has 4 aromatic rings. The number of urea groups is 1. The number of carbonyl (C=O) groups is 2. The number of H-pyrrole nitrogens is 1. The molecule has 0 bridgehead atoms. The lowest BCUT2D eigenvalue weighted by atomic mass is 9.98. The molecule has 0 radical (unpaired) electrons. The minimum Gasteiger partial charge on any atom is -0.491 e. The van der Waals surface area contributed by atoms with Crippen molar-refractivity contribution in [2.75, 3.05) is 44.2 Å². The van der Waals surface area contributed by atoms with Crippen LogP contribution < -0.4 is 9.64 Å². The fraction of sp³-hybridized carbons (Fsp3) is 0.353. The van der Waals surface area contributed by atoms with Gasteiger partial charge in [-0.05, 0) is 60.6 Å². The van der Waals surface area contributed by atoms with Gasteiger partial charge < -0.3 is 34.6 Å². The second kappa shape index (κ2) is 11.2. The van der Waals surface area contributed by atoms with Gasteiger partial charge in [-0.3, -0.25) is 4.79 Å². The lowest BCUT2D eigenvalue weighted by molar-refractivity contribution is 0.0159.